The van der Waals surface area contributed by atoms with Gasteiger partial charge in [-0.1, -0.05) is 20.3 Å². The van der Waals surface area contributed by atoms with Gasteiger partial charge in [-0.2, -0.15) is 0 Å². The molecule has 1 saturated heterocycles. The van der Waals surface area contributed by atoms with E-state index < -0.39 is 0 Å². The second-order valence-corrected chi connectivity index (χ2v) is 5.89. The van der Waals surface area contributed by atoms with Gasteiger partial charge in [0.1, 0.15) is 0 Å². The number of ether oxygens (including phenoxy) is 1. The average molecular weight is 197 g/mol. The van der Waals surface area contributed by atoms with Crippen molar-refractivity contribution >= 4 is 0 Å². The van der Waals surface area contributed by atoms with Crippen LogP contribution in [0, 0.1) is 5.41 Å². The van der Waals surface area contributed by atoms with Crippen LogP contribution in [0.15, 0.2) is 0 Å². The highest BCUT2D eigenvalue weighted by Crippen LogP contribution is 2.48. The molecule has 2 nitrogen and oxygen atoms in total. The van der Waals surface area contributed by atoms with Crippen LogP contribution in [0.2, 0.25) is 0 Å². The van der Waals surface area contributed by atoms with E-state index in [1.165, 1.54) is 38.5 Å². The summed E-state index contributed by atoms with van der Waals surface area (Å²) in [5.74, 6) is 0. The maximum atomic E-state index is 6.15. The van der Waals surface area contributed by atoms with Crippen molar-refractivity contribution < 1.29 is 4.74 Å². The fraction of sp³-hybridized carbons (Fsp3) is 1.00. The minimum Gasteiger partial charge on any atom is -0.370 e. The SMILES string of the molecule is CC1(C)CCCC2(CCC(CN)O2)C1. The molecule has 2 heteroatoms. The van der Waals surface area contributed by atoms with Crippen molar-refractivity contribution in [2.24, 2.45) is 11.1 Å². The Kier molecular flexibility index (Phi) is 2.61. The van der Waals surface area contributed by atoms with Crippen molar-refractivity contribution in [3.8, 4) is 0 Å². The van der Waals surface area contributed by atoms with Crippen LogP contribution in [-0.2, 0) is 4.74 Å². The molecule has 0 amide bonds. The average Bonchev–Trinajstić information content (AvgIpc) is 2.46. The summed E-state index contributed by atoms with van der Waals surface area (Å²) in [5.41, 5.74) is 6.34. The van der Waals surface area contributed by atoms with Crippen LogP contribution in [0.25, 0.3) is 0 Å². The number of nitrogens with two attached hydrogens (primary N) is 1. The number of hydrogen-bond donors (Lipinski definition) is 1. The standard InChI is InChI=1S/C12H23NO/c1-11(2)5-3-6-12(9-11)7-4-10(8-13)14-12/h10H,3-9,13H2,1-2H3. The summed E-state index contributed by atoms with van der Waals surface area (Å²) in [6, 6.07) is 0. The van der Waals surface area contributed by atoms with Crippen molar-refractivity contribution in [2.45, 2.75) is 64.1 Å². The molecule has 0 aromatic rings. The van der Waals surface area contributed by atoms with Gasteiger partial charge in [-0.25, -0.2) is 0 Å². The molecule has 0 radical (unpaired) electrons. The lowest BCUT2D eigenvalue weighted by molar-refractivity contribution is -0.0872. The molecule has 2 aliphatic rings. The Bertz CT molecular complexity index is 214. The third-order valence-corrected chi connectivity index (χ3v) is 3.89. The first kappa shape index (κ1) is 10.4. The number of hydrogen-bond acceptors (Lipinski definition) is 2. The van der Waals surface area contributed by atoms with Gasteiger partial charge in [0.15, 0.2) is 0 Å². The van der Waals surface area contributed by atoms with Crippen LogP contribution >= 0.6 is 0 Å². The van der Waals surface area contributed by atoms with Gasteiger partial charge in [0.25, 0.3) is 0 Å². The topological polar surface area (TPSA) is 35.2 Å². The van der Waals surface area contributed by atoms with E-state index in [-0.39, 0.29) is 5.60 Å². The maximum absolute atomic E-state index is 6.15. The summed E-state index contributed by atoms with van der Waals surface area (Å²) < 4.78 is 6.15. The Balaban J connectivity index is 2.03. The fourth-order valence-corrected chi connectivity index (χ4v) is 3.31. The number of rotatable bonds is 1. The Morgan fingerprint density at radius 2 is 2.07 bits per heavy atom. The van der Waals surface area contributed by atoms with E-state index in [2.05, 4.69) is 13.8 Å². The molecule has 0 aromatic carbocycles. The lowest BCUT2D eigenvalue weighted by atomic mass is 9.69. The first-order chi connectivity index (χ1) is 6.55. The molecule has 0 aromatic heterocycles. The first-order valence-corrected chi connectivity index (χ1v) is 5.93. The second-order valence-electron chi connectivity index (χ2n) is 5.89. The predicted octanol–water partition coefficient (Wildman–Crippen LogP) is 2.46. The van der Waals surface area contributed by atoms with Crippen molar-refractivity contribution in [1.29, 1.82) is 0 Å². The zero-order chi connectivity index (χ0) is 10.2. The Hall–Kier alpha value is -0.0800. The van der Waals surface area contributed by atoms with E-state index in [0.29, 0.717) is 18.1 Å². The molecule has 1 aliphatic carbocycles. The monoisotopic (exact) mass is 197 g/mol. The molecule has 2 fully saturated rings. The summed E-state index contributed by atoms with van der Waals surface area (Å²) in [7, 11) is 0. The van der Waals surface area contributed by atoms with E-state index >= 15 is 0 Å². The molecule has 2 rings (SSSR count). The molecule has 2 unspecified atom stereocenters. The van der Waals surface area contributed by atoms with E-state index in [4.69, 9.17) is 10.5 Å². The second kappa shape index (κ2) is 3.49. The third-order valence-electron chi connectivity index (χ3n) is 3.89. The quantitative estimate of drug-likeness (QED) is 0.701. The Morgan fingerprint density at radius 3 is 2.64 bits per heavy atom. The smallest absolute Gasteiger partial charge is 0.0705 e. The van der Waals surface area contributed by atoms with Crippen LogP contribution in [0.1, 0.15) is 52.4 Å². The molecular formula is C12H23NO. The molecule has 14 heavy (non-hydrogen) atoms. The highest BCUT2D eigenvalue weighted by Gasteiger charge is 2.45. The van der Waals surface area contributed by atoms with Gasteiger partial charge >= 0.3 is 0 Å². The van der Waals surface area contributed by atoms with Crippen LogP contribution in [-0.4, -0.2) is 18.2 Å². The van der Waals surface area contributed by atoms with E-state index in [1.807, 2.05) is 0 Å². The van der Waals surface area contributed by atoms with Crippen molar-refractivity contribution in [3.63, 3.8) is 0 Å². The summed E-state index contributed by atoms with van der Waals surface area (Å²) in [5, 5.41) is 0. The lowest BCUT2D eigenvalue weighted by Gasteiger charge is -2.42. The highest BCUT2D eigenvalue weighted by molar-refractivity contribution is 4.96. The summed E-state index contributed by atoms with van der Waals surface area (Å²) >= 11 is 0. The van der Waals surface area contributed by atoms with Crippen LogP contribution in [0.5, 0.6) is 0 Å². The van der Waals surface area contributed by atoms with Crippen molar-refractivity contribution in [1.82, 2.24) is 0 Å². The minimum atomic E-state index is 0.200. The molecular weight excluding hydrogens is 174 g/mol. The maximum Gasteiger partial charge on any atom is 0.0705 e. The van der Waals surface area contributed by atoms with Gasteiger partial charge in [-0.05, 0) is 37.5 Å². The molecule has 2 atom stereocenters. The fourth-order valence-electron chi connectivity index (χ4n) is 3.31. The minimum absolute atomic E-state index is 0.200. The van der Waals surface area contributed by atoms with Gasteiger partial charge in [0.05, 0.1) is 11.7 Å². The highest BCUT2D eigenvalue weighted by atomic mass is 16.5. The van der Waals surface area contributed by atoms with Crippen molar-refractivity contribution in [3.05, 3.63) is 0 Å². The van der Waals surface area contributed by atoms with Crippen LogP contribution in [0.4, 0.5) is 0 Å². The van der Waals surface area contributed by atoms with Gasteiger partial charge in [0.2, 0.25) is 0 Å². The zero-order valence-electron chi connectivity index (χ0n) is 9.51. The van der Waals surface area contributed by atoms with Gasteiger partial charge in [-0.15, -0.1) is 0 Å². The van der Waals surface area contributed by atoms with Crippen molar-refractivity contribution in [2.75, 3.05) is 6.54 Å². The lowest BCUT2D eigenvalue weighted by Crippen LogP contribution is -2.39. The van der Waals surface area contributed by atoms with E-state index in [1.54, 1.807) is 0 Å². The molecule has 1 aliphatic heterocycles. The van der Waals surface area contributed by atoms with Crippen LogP contribution in [0.3, 0.4) is 0 Å². The van der Waals surface area contributed by atoms with E-state index in [0.717, 1.165) is 0 Å². The molecule has 82 valence electrons. The van der Waals surface area contributed by atoms with Gasteiger partial charge in [0, 0.05) is 6.54 Å². The summed E-state index contributed by atoms with van der Waals surface area (Å²) in [6.45, 7) is 5.43. The summed E-state index contributed by atoms with van der Waals surface area (Å²) in [6.07, 6.45) is 7.91. The predicted molar refractivity (Wildman–Crippen MR) is 58.1 cm³/mol. The Labute approximate surface area is 87.2 Å². The van der Waals surface area contributed by atoms with Gasteiger partial charge in [-0.3, -0.25) is 0 Å². The molecule has 1 saturated carbocycles. The first-order valence-electron chi connectivity index (χ1n) is 5.93. The van der Waals surface area contributed by atoms with Crippen LogP contribution < -0.4 is 5.73 Å². The molecule has 2 N–H and O–H groups in total. The van der Waals surface area contributed by atoms with E-state index in [9.17, 15) is 0 Å². The molecule has 0 bridgehead atoms. The normalized spacial score (nSPS) is 41.8. The largest absolute Gasteiger partial charge is 0.370 e. The zero-order valence-corrected chi connectivity index (χ0v) is 9.51. The molecule has 1 heterocycles. The van der Waals surface area contributed by atoms with Gasteiger partial charge < -0.3 is 10.5 Å². The third kappa shape index (κ3) is 1.96. The molecule has 1 spiro atoms. The Morgan fingerprint density at radius 1 is 1.29 bits per heavy atom. The summed E-state index contributed by atoms with van der Waals surface area (Å²) in [4.78, 5) is 0.